The molecule has 1 rings (SSSR count). The van der Waals surface area contributed by atoms with Gasteiger partial charge in [-0.2, -0.15) is 4.89 Å². The van der Waals surface area contributed by atoms with Gasteiger partial charge >= 0.3 is 0 Å². The van der Waals surface area contributed by atoms with E-state index >= 15 is 0 Å². The molecule has 0 aliphatic rings. The van der Waals surface area contributed by atoms with Gasteiger partial charge in [-0.05, 0) is 12.1 Å². The van der Waals surface area contributed by atoms with E-state index in [9.17, 15) is 8.78 Å². The Labute approximate surface area is 62.3 Å². The summed E-state index contributed by atoms with van der Waals surface area (Å²) in [6.45, 7) is 0. The van der Waals surface area contributed by atoms with Crippen LogP contribution in [0.3, 0.4) is 0 Å². The van der Waals surface area contributed by atoms with Crippen LogP contribution in [0.2, 0.25) is 0 Å². The van der Waals surface area contributed by atoms with Crippen LogP contribution in [0.4, 0.5) is 8.78 Å². The Balaban J connectivity index is 2.90. The quantitative estimate of drug-likeness (QED) is 0.486. The monoisotopic (exact) mass is 160 g/mol. The Kier molecular flexibility index (Phi) is 2.38. The second-order valence-corrected chi connectivity index (χ2v) is 1.82. The second-order valence-electron chi connectivity index (χ2n) is 1.82. The summed E-state index contributed by atoms with van der Waals surface area (Å²) in [5, 5.41) is 0. The summed E-state index contributed by atoms with van der Waals surface area (Å²) in [4.78, 5) is 8.54. The fraction of sp³-hybridized carbons (Fsp3) is 0.143. The molecular formula is C7H6F2O2. The summed E-state index contributed by atoms with van der Waals surface area (Å²) in [5.74, 6) is -1.56. The number of rotatable bonds is 2. The molecule has 60 valence electrons. The van der Waals surface area contributed by atoms with Gasteiger partial charge in [0.2, 0.25) is 5.75 Å². The molecule has 0 aliphatic carbocycles. The van der Waals surface area contributed by atoms with Crippen molar-refractivity contribution in [3.05, 3.63) is 29.8 Å². The minimum Gasteiger partial charge on any atom is -0.335 e. The van der Waals surface area contributed by atoms with E-state index < -0.39 is 11.6 Å². The van der Waals surface area contributed by atoms with Gasteiger partial charge in [-0.25, -0.2) is 8.78 Å². The summed E-state index contributed by atoms with van der Waals surface area (Å²) in [5.41, 5.74) is 0. The van der Waals surface area contributed by atoms with Gasteiger partial charge < -0.3 is 4.89 Å². The van der Waals surface area contributed by atoms with Gasteiger partial charge in [-0.3, -0.25) is 0 Å². The SMILES string of the molecule is COOc1ccc(F)cc1F. The van der Waals surface area contributed by atoms with Gasteiger partial charge in [0.05, 0.1) is 7.11 Å². The summed E-state index contributed by atoms with van der Waals surface area (Å²) >= 11 is 0. The van der Waals surface area contributed by atoms with Crippen LogP contribution in [-0.4, -0.2) is 7.11 Å². The molecule has 0 saturated carbocycles. The topological polar surface area (TPSA) is 18.5 Å². The van der Waals surface area contributed by atoms with Crippen molar-refractivity contribution in [1.29, 1.82) is 0 Å². The van der Waals surface area contributed by atoms with Gasteiger partial charge in [-0.1, -0.05) is 0 Å². The average molecular weight is 160 g/mol. The molecule has 0 unspecified atom stereocenters. The predicted molar refractivity (Wildman–Crippen MR) is 34.0 cm³/mol. The number of halogens is 2. The third-order valence-electron chi connectivity index (χ3n) is 1.07. The van der Waals surface area contributed by atoms with Gasteiger partial charge in [-0.15, -0.1) is 0 Å². The normalized spacial score (nSPS) is 9.73. The highest BCUT2D eigenvalue weighted by molar-refractivity contribution is 5.23. The lowest BCUT2D eigenvalue weighted by molar-refractivity contribution is -0.180. The van der Waals surface area contributed by atoms with Crippen LogP contribution in [0.25, 0.3) is 0 Å². The maximum Gasteiger partial charge on any atom is 0.201 e. The summed E-state index contributed by atoms with van der Waals surface area (Å²) < 4.78 is 24.8. The fourth-order valence-electron chi connectivity index (χ4n) is 0.633. The third-order valence-corrected chi connectivity index (χ3v) is 1.07. The number of benzene rings is 1. The van der Waals surface area contributed by atoms with Crippen LogP contribution in [0.5, 0.6) is 5.75 Å². The van der Waals surface area contributed by atoms with E-state index in [1.54, 1.807) is 0 Å². The Morgan fingerprint density at radius 3 is 2.55 bits per heavy atom. The molecule has 0 radical (unpaired) electrons. The van der Waals surface area contributed by atoms with Crippen molar-refractivity contribution in [2.45, 2.75) is 0 Å². The molecule has 1 aromatic rings. The lowest BCUT2D eigenvalue weighted by Gasteiger charge is -2.00. The van der Waals surface area contributed by atoms with Crippen LogP contribution in [0.1, 0.15) is 0 Å². The third kappa shape index (κ3) is 1.88. The van der Waals surface area contributed by atoms with E-state index in [2.05, 4.69) is 9.78 Å². The molecule has 0 atom stereocenters. The summed E-state index contributed by atoms with van der Waals surface area (Å²) in [6.07, 6.45) is 0. The molecular weight excluding hydrogens is 154 g/mol. The highest BCUT2D eigenvalue weighted by atomic mass is 19.1. The van der Waals surface area contributed by atoms with Crippen LogP contribution in [0, 0.1) is 11.6 Å². The van der Waals surface area contributed by atoms with Crippen LogP contribution >= 0.6 is 0 Å². The minimum absolute atomic E-state index is 0.131. The molecule has 0 bridgehead atoms. The first-order valence-corrected chi connectivity index (χ1v) is 2.90. The van der Waals surface area contributed by atoms with Crippen molar-refractivity contribution >= 4 is 0 Å². The first kappa shape index (κ1) is 7.94. The molecule has 1 aromatic carbocycles. The predicted octanol–water partition coefficient (Wildman–Crippen LogP) is 1.91. The Morgan fingerprint density at radius 2 is 2.00 bits per heavy atom. The second kappa shape index (κ2) is 3.30. The molecule has 0 aromatic heterocycles. The van der Waals surface area contributed by atoms with E-state index in [-0.39, 0.29) is 5.75 Å². The van der Waals surface area contributed by atoms with Crippen molar-refractivity contribution in [2.75, 3.05) is 7.11 Å². The summed E-state index contributed by atoms with van der Waals surface area (Å²) in [7, 11) is 1.24. The van der Waals surface area contributed by atoms with Crippen LogP contribution in [-0.2, 0) is 4.89 Å². The maximum atomic E-state index is 12.6. The molecule has 0 spiro atoms. The zero-order valence-electron chi connectivity index (χ0n) is 5.80. The fourth-order valence-corrected chi connectivity index (χ4v) is 0.633. The maximum absolute atomic E-state index is 12.6. The van der Waals surface area contributed by atoms with Crippen molar-refractivity contribution in [1.82, 2.24) is 0 Å². The summed E-state index contributed by atoms with van der Waals surface area (Å²) in [6, 6.07) is 2.94. The molecule has 0 N–H and O–H groups in total. The highest BCUT2D eigenvalue weighted by Crippen LogP contribution is 2.17. The van der Waals surface area contributed by atoms with Crippen LogP contribution < -0.4 is 4.89 Å². The molecule has 4 heteroatoms. The molecule has 0 heterocycles. The Morgan fingerprint density at radius 1 is 1.27 bits per heavy atom. The van der Waals surface area contributed by atoms with Gasteiger partial charge in [0.1, 0.15) is 5.82 Å². The Hall–Kier alpha value is -1.16. The molecule has 0 amide bonds. The highest BCUT2D eigenvalue weighted by Gasteiger charge is 2.03. The van der Waals surface area contributed by atoms with Crippen molar-refractivity contribution in [3.8, 4) is 5.75 Å². The van der Waals surface area contributed by atoms with Crippen molar-refractivity contribution < 1.29 is 18.6 Å². The molecule has 0 aliphatic heterocycles. The average Bonchev–Trinajstić information content (AvgIpc) is 1.95. The van der Waals surface area contributed by atoms with E-state index in [4.69, 9.17) is 0 Å². The zero-order valence-corrected chi connectivity index (χ0v) is 5.80. The van der Waals surface area contributed by atoms with Crippen molar-refractivity contribution in [3.63, 3.8) is 0 Å². The van der Waals surface area contributed by atoms with Crippen LogP contribution in [0.15, 0.2) is 18.2 Å². The number of hydrogen-bond donors (Lipinski definition) is 0. The van der Waals surface area contributed by atoms with Gasteiger partial charge in [0.15, 0.2) is 5.82 Å². The lowest BCUT2D eigenvalue weighted by atomic mass is 10.3. The first-order valence-electron chi connectivity index (χ1n) is 2.90. The zero-order chi connectivity index (χ0) is 8.27. The first-order chi connectivity index (χ1) is 5.24. The minimum atomic E-state index is -0.785. The standard InChI is InChI=1S/C7H6F2O2/c1-10-11-7-3-2-5(8)4-6(7)9/h2-4H,1H3. The molecule has 2 nitrogen and oxygen atoms in total. The van der Waals surface area contributed by atoms with Crippen molar-refractivity contribution in [2.24, 2.45) is 0 Å². The number of hydrogen-bond acceptors (Lipinski definition) is 2. The van der Waals surface area contributed by atoms with Gasteiger partial charge in [0.25, 0.3) is 0 Å². The molecule has 11 heavy (non-hydrogen) atoms. The smallest absolute Gasteiger partial charge is 0.201 e. The van der Waals surface area contributed by atoms with Gasteiger partial charge in [0, 0.05) is 6.07 Å². The largest absolute Gasteiger partial charge is 0.335 e. The Bertz CT molecular complexity index is 250. The molecule has 0 saturated heterocycles. The lowest BCUT2D eigenvalue weighted by Crippen LogP contribution is -1.93. The van der Waals surface area contributed by atoms with E-state index in [1.807, 2.05) is 0 Å². The van der Waals surface area contributed by atoms with E-state index in [1.165, 1.54) is 7.11 Å². The van der Waals surface area contributed by atoms with E-state index in [0.717, 1.165) is 12.1 Å². The van der Waals surface area contributed by atoms with E-state index in [0.29, 0.717) is 6.07 Å². The molecule has 0 fully saturated rings.